The van der Waals surface area contributed by atoms with Gasteiger partial charge in [0.15, 0.2) is 0 Å². The largest absolute Gasteiger partial charge is 0.394 e. The molecular formula is C12H24N4. The van der Waals surface area contributed by atoms with E-state index in [-0.39, 0.29) is 0 Å². The molecule has 0 radical (unpaired) electrons. The van der Waals surface area contributed by atoms with E-state index in [1.54, 1.807) is 0 Å². The van der Waals surface area contributed by atoms with Crippen molar-refractivity contribution in [1.82, 2.24) is 9.78 Å². The molecule has 1 atom stereocenters. The fraction of sp³-hybridized carbons (Fsp3) is 0.750. The van der Waals surface area contributed by atoms with E-state index in [1.807, 2.05) is 11.7 Å². The topological polar surface area (TPSA) is 55.9 Å². The van der Waals surface area contributed by atoms with Crippen LogP contribution in [0.5, 0.6) is 0 Å². The maximum absolute atomic E-state index is 6.07. The zero-order chi connectivity index (χ0) is 12.1. The van der Waals surface area contributed by atoms with Gasteiger partial charge in [-0.15, -0.1) is 0 Å². The van der Waals surface area contributed by atoms with Gasteiger partial charge in [0.1, 0.15) is 5.82 Å². The van der Waals surface area contributed by atoms with Crippen molar-refractivity contribution >= 4 is 11.5 Å². The summed E-state index contributed by atoms with van der Waals surface area (Å²) in [6.45, 7) is 6.47. The van der Waals surface area contributed by atoms with Crippen LogP contribution in [0.4, 0.5) is 11.5 Å². The molecule has 0 bridgehead atoms. The third-order valence-electron chi connectivity index (χ3n) is 2.97. The lowest BCUT2D eigenvalue weighted by molar-refractivity contribution is 0.612. The van der Waals surface area contributed by atoms with Crippen molar-refractivity contribution in [2.75, 3.05) is 11.1 Å². The number of nitrogens with one attached hydrogen (secondary N) is 1. The number of hydrogen-bond donors (Lipinski definition) is 2. The van der Waals surface area contributed by atoms with E-state index in [0.29, 0.717) is 6.04 Å². The number of rotatable bonds is 6. The van der Waals surface area contributed by atoms with Gasteiger partial charge < -0.3 is 11.1 Å². The lowest BCUT2D eigenvalue weighted by Gasteiger charge is -2.17. The molecule has 4 nitrogen and oxygen atoms in total. The normalized spacial score (nSPS) is 12.8. The van der Waals surface area contributed by atoms with Crippen LogP contribution in [-0.2, 0) is 13.5 Å². The predicted octanol–water partition coefficient (Wildman–Crippen LogP) is 2.56. The van der Waals surface area contributed by atoms with Crippen LogP contribution in [0.1, 0.15) is 45.7 Å². The number of hydrogen-bond acceptors (Lipinski definition) is 3. The van der Waals surface area contributed by atoms with Crippen molar-refractivity contribution < 1.29 is 0 Å². The van der Waals surface area contributed by atoms with Crippen molar-refractivity contribution in [3.8, 4) is 0 Å². The Bertz CT molecular complexity index is 330. The van der Waals surface area contributed by atoms with Gasteiger partial charge in [0.25, 0.3) is 0 Å². The molecule has 0 aliphatic carbocycles. The Morgan fingerprint density at radius 1 is 1.38 bits per heavy atom. The summed E-state index contributed by atoms with van der Waals surface area (Å²) in [5.41, 5.74) is 7.86. The van der Waals surface area contributed by atoms with E-state index in [2.05, 4.69) is 31.2 Å². The minimum atomic E-state index is 0.493. The van der Waals surface area contributed by atoms with Crippen LogP contribution >= 0.6 is 0 Å². The van der Waals surface area contributed by atoms with Gasteiger partial charge >= 0.3 is 0 Å². The monoisotopic (exact) mass is 224 g/mol. The van der Waals surface area contributed by atoms with Crippen LogP contribution in [0.2, 0.25) is 0 Å². The van der Waals surface area contributed by atoms with Crippen molar-refractivity contribution in [2.24, 2.45) is 7.05 Å². The highest BCUT2D eigenvalue weighted by molar-refractivity contribution is 5.65. The van der Waals surface area contributed by atoms with Crippen molar-refractivity contribution in [3.05, 3.63) is 5.69 Å². The predicted molar refractivity (Wildman–Crippen MR) is 69.6 cm³/mol. The molecule has 0 saturated carbocycles. The van der Waals surface area contributed by atoms with Gasteiger partial charge in [-0.1, -0.05) is 27.2 Å². The molecule has 0 spiro atoms. The summed E-state index contributed by atoms with van der Waals surface area (Å²) in [6, 6.07) is 0.493. The van der Waals surface area contributed by atoms with Gasteiger partial charge in [-0.05, 0) is 19.3 Å². The molecule has 1 heterocycles. The fourth-order valence-electron chi connectivity index (χ4n) is 1.95. The van der Waals surface area contributed by atoms with Gasteiger partial charge in [0.2, 0.25) is 0 Å². The fourth-order valence-corrected chi connectivity index (χ4v) is 1.95. The average Bonchev–Trinajstić information content (AvgIpc) is 2.55. The molecule has 4 heteroatoms. The van der Waals surface area contributed by atoms with Crippen LogP contribution in [0, 0.1) is 0 Å². The molecule has 3 N–H and O–H groups in total. The van der Waals surface area contributed by atoms with Gasteiger partial charge in [-0.3, -0.25) is 4.68 Å². The Labute approximate surface area is 98.2 Å². The summed E-state index contributed by atoms with van der Waals surface area (Å²) in [7, 11) is 1.94. The van der Waals surface area contributed by atoms with Gasteiger partial charge in [0.05, 0.1) is 11.4 Å². The maximum Gasteiger partial charge on any atom is 0.147 e. The van der Waals surface area contributed by atoms with E-state index < -0.39 is 0 Å². The molecule has 0 aliphatic heterocycles. The molecule has 0 aromatic carbocycles. The molecule has 1 aromatic rings. The van der Waals surface area contributed by atoms with Gasteiger partial charge in [-0.25, -0.2) is 0 Å². The van der Waals surface area contributed by atoms with Crippen molar-refractivity contribution in [1.29, 1.82) is 0 Å². The Morgan fingerprint density at radius 2 is 2.06 bits per heavy atom. The second-order valence-corrected chi connectivity index (χ2v) is 4.22. The van der Waals surface area contributed by atoms with Gasteiger partial charge in [-0.2, -0.15) is 5.10 Å². The van der Waals surface area contributed by atoms with Crippen LogP contribution in [-0.4, -0.2) is 15.8 Å². The summed E-state index contributed by atoms with van der Waals surface area (Å²) in [5.74, 6) is 0.970. The SMILES string of the molecule is CCCC(CC)Nc1c(N)c(CC)nn1C. The summed E-state index contributed by atoms with van der Waals surface area (Å²) in [5, 5.41) is 7.90. The average molecular weight is 224 g/mol. The van der Waals surface area contributed by atoms with Gasteiger partial charge in [0, 0.05) is 13.1 Å². The second-order valence-electron chi connectivity index (χ2n) is 4.22. The Kier molecular flexibility index (Phi) is 4.65. The van der Waals surface area contributed by atoms with Crippen molar-refractivity contribution in [3.63, 3.8) is 0 Å². The third kappa shape index (κ3) is 2.68. The third-order valence-corrected chi connectivity index (χ3v) is 2.97. The quantitative estimate of drug-likeness (QED) is 0.780. The number of nitrogen functional groups attached to an aromatic ring is 1. The first-order valence-corrected chi connectivity index (χ1v) is 6.21. The Balaban J connectivity index is 2.82. The minimum absolute atomic E-state index is 0.493. The number of aryl methyl sites for hydroxylation is 2. The van der Waals surface area contributed by atoms with Crippen LogP contribution < -0.4 is 11.1 Å². The molecule has 92 valence electrons. The van der Waals surface area contributed by atoms with E-state index >= 15 is 0 Å². The van der Waals surface area contributed by atoms with Crippen LogP contribution in [0.15, 0.2) is 0 Å². The number of anilines is 2. The van der Waals surface area contributed by atoms with E-state index in [1.165, 1.54) is 12.8 Å². The maximum atomic E-state index is 6.07. The summed E-state index contributed by atoms with van der Waals surface area (Å²) >= 11 is 0. The minimum Gasteiger partial charge on any atom is -0.394 e. The van der Waals surface area contributed by atoms with Crippen LogP contribution in [0.25, 0.3) is 0 Å². The first kappa shape index (κ1) is 12.9. The first-order chi connectivity index (χ1) is 7.63. The molecule has 1 aromatic heterocycles. The Morgan fingerprint density at radius 3 is 2.50 bits per heavy atom. The molecule has 0 fully saturated rings. The van der Waals surface area contributed by atoms with E-state index in [9.17, 15) is 0 Å². The summed E-state index contributed by atoms with van der Waals surface area (Å²) in [6.07, 6.45) is 4.35. The molecular weight excluding hydrogens is 200 g/mol. The number of nitrogens with two attached hydrogens (primary N) is 1. The molecule has 0 saturated heterocycles. The zero-order valence-corrected chi connectivity index (χ0v) is 10.9. The lowest BCUT2D eigenvalue weighted by Crippen LogP contribution is -2.20. The first-order valence-electron chi connectivity index (χ1n) is 6.21. The van der Waals surface area contributed by atoms with E-state index in [0.717, 1.165) is 30.0 Å². The van der Waals surface area contributed by atoms with Crippen molar-refractivity contribution in [2.45, 2.75) is 52.5 Å². The lowest BCUT2D eigenvalue weighted by atomic mass is 10.1. The molecule has 0 amide bonds. The standard InChI is InChI=1S/C12H24N4/c1-5-8-9(6-2)14-12-11(13)10(7-3)15-16(12)4/h9,14H,5-8,13H2,1-4H3. The molecule has 1 unspecified atom stereocenters. The number of aromatic nitrogens is 2. The second kappa shape index (κ2) is 5.77. The highest BCUT2D eigenvalue weighted by Gasteiger charge is 2.14. The highest BCUT2D eigenvalue weighted by Crippen LogP contribution is 2.24. The molecule has 0 aliphatic rings. The number of nitrogens with zero attached hydrogens (tertiary/aromatic N) is 2. The van der Waals surface area contributed by atoms with Crippen LogP contribution in [0.3, 0.4) is 0 Å². The molecule has 1 rings (SSSR count). The smallest absolute Gasteiger partial charge is 0.147 e. The Hall–Kier alpha value is -1.19. The zero-order valence-electron chi connectivity index (χ0n) is 10.9. The summed E-state index contributed by atoms with van der Waals surface area (Å²) in [4.78, 5) is 0. The van der Waals surface area contributed by atoms with E-state index in [4.69, 9.17) is 5.73 Å². The summed E-state index contributed by atoms with van der Waals surface area (Å²) < 4.78 is 1.85. The molecule has 16 heavy (non-hydrogen) atoms. The highest BCUT2D eigenvalue weighted by atomic mass is 15.3.